The first kappa shape index (κ1) is 16.3. The topological polar surface area (TPSA) is 29.5 Å². The average Bonchev–Trinajstić information content (AvgIpc) is 2.61. The highest BCUT2D eigenvalue weighted by molar-refractivity contribution is 6.31. The molecule has 0 aliphatic carbocycles. The van der Waals surface area contributed by atoms with Crippen LogP contribution in [0.5, 0.6) is 5.75 Å². The predicted molar refractivity (Wildman–Crippen MR) is 97.4 cm³/mol. The minimum Gasteiger partial charge on any atom is -0.484 e. The van der Waals surface area contributed by atoms with Crippen LogP contribution >= 0.6 is 11.6 Å². The average molecular weight is 340 g/mol. The van der Waals surface area contributed by atoms with Gasteiger partial charge in [-0.1, -0.05) is 60.1 Å². The van der Waals surface area contributed by atoms with Gasteiger partial charge in [0.25, 0.3) is 5.91 Å². The fraction of sp³-hybridized carbons (Fsp3) is 0.150. The maximum Gasteiger partial charge on any atom is 0.260 e. The lowest BCUT2D eigenvalue weighted by Gasteiger charge is -2.18. The molecule has 122 valence electrons. The molecule has 24 heavy (non-hydrogen) atoms. The van der Waals surface area contributed by atoms with Crippen LogP contribution in [0.3, 0.4) is 0 Å². The molecular weight excluding hydrogens is 322 g/mol. The molecule has 0 atom stereocenters. The van der Waals surface area contributed by atoms with Crippen LogP contribution in [-0.2, 0) is 11.3 Å². The molecule has 0 N–H and O–H groups in total. The number of halogens is 1. The molecule has 0 aromatic heterocycles. The van der Waals surface area contributed by atoms with E-state index in [0.29, 0.717) is 17.3 Å². The van der Waals surface area contributed by atoms with Crippen LogP contribution in [0.25, 0.3) is 10.8 Å². The zero-order chi connectivity index (χ0) is 16.9. The maximum absolute atomic E-state index is 12.3. The fourth-order valence-electron chi connectivity index (χ4n) is 2.48. The van der Waals surface area contributed by atoms with Crippen LogP contribution in [0.1, 0.15) is 5.56 Å². The molecule has 0 heterocycles. The summed E-state index contributed by atoms with van der Waals surface area (Å²) >= 11 is 6.13. The molecule has 3 aromatic rings. The minimum atomic E-state index is -0.0944. The highest BCUT2D eigenvalue weighted by atomic mass is 35.5. The number of carbonyl (C=O) groups is 1. The number of hydrogen-bond donors (Lipinski definition) is 0. The summed E-state index contributed by atoms with van der Waals surface area (Å²) in [6.45, 7) is 0.457. The van der Waals surface area contributed by atoms with Crippen molar-refractivity contribution in [3.05, 3.63) is 77.3 Å². The number of rotatable bonds is 5. The van der Waals surface area contributed by atoms with E-state index in [4.69, 9.17) is 16.3 Å². The van der Waals surface area contributed by atoms with Crippen molar-refractivity contribution in [2.24, 2.45) is 0 Å². The summed E-state index contributed by atoms with van der Waals surface area (Å²) in [5, 5.41) is 2.89. The summed E-state index contributed by atoms with van der Waals surface area (Å²) in [5.41, 5.74) is 0.917. The van der Waals surface area contributed by atoms with Gasteiger partial charge < -0.3 is 9.64 Å². The smallest absolute Gasteiger partial charge is 0.260 e. The zero-order valence-electron chi connectivity index (χ0n) is 13.4. The summed E-state index contributed by atoms with van der Waals surface area (Å²) in [7, 11) is 1.75. The molecule has 0 saturated carbocycles. The van der Waals surface area contributed by atoms with Crippen molar-refractivity contribution in [3.63, 3.8) is 0 Å². The van der Waals surface area contributed by atoms with Crippen molar-refractivity contribution >= 4 is 28.3 Å². The molecule has 0 unspecified atom stereocenters. The molecule has 0 spiro atoms. The molecular formula is C20H18ClNO2. The van der Waals surface area contributed by atoms with Crippen LogP contribution in [-0.4, -0.2) is 24.5 Å². The third-order valence-electron chi connectivity index (χ3n) is 3.87. The molecule has 0 aliphatic heterocycles. The summed E-state index contributed by atoms with van der Waals surface area (Å²) in [5.74, 6) is 0.594. The maximum atomic E-state index is 12.3. The summed E-state index contributed by atoms with van der Waals surface area (Å²) in [6.07, 6.45) is 0. The zero-order valence-corrected chi connectivity index (χ0v) is 14.2. The largest absolute Gasteiger partial charge is 0.484 e. The number of amides is 1. The second kappa shape index (κ2) is 7.37. The van der Waals surface area contributed by atoms with Crippen molar-refractivity contribution in [1.29, 1.82) is 0 Å². The second-order valence-electron chi connectivity index (χ2n) is 5.64. The van der Waals surface area contributed by atoms with E-state index in [1.165, 1.54) is 0 Å². The van der Waals surface area contributed by atoms with Crippen molar-refractivity contribution < 1.29 is 9.53 Å². The van der Waals surface area contributed by atoms with Crippen LogP contribution in [0.15, 0.2) is 66.7 Å². The van der Waals surface area contributed by atoms with E-state index in [0.717, 1.165) is 16.3 Å². The van der Waals surface area contributed by atoms with Crippen molar-refractivity contribution in [2.45, 2.75) is 6.54 Å². The summed E-state index contributed by atoms with van der Waals surface area (Å²) in [4.78, 5) is 13.9. The molecule has 1 amide bonds. The van der Waals surface area contributed by atoms with Crippen molar-refractivity contribution in [2.75, 3.05) is 13.7 Å². The van der Waals surface area contributed by atoms with Gasteiger partial charge in [-0.15, -0.1) is 0 Å². The van der Waals surface area contributed by atoms with Gasteiger partial charge >= 0.3 is 0 Å². The molecule has 0 bridgehead atoms. The lowest BCUT2D eigenvalue weighted by Crippen LogP contribution is -2.31. The number of benzene rings is 3. The third kappa shape index (κ3) is 3.87. The van der Waals surface area contributed by atoms with Crippen LogP contribution < -0.4 is 4.74 Å². The lowest BCUT2D eigenvalue weighted by atomic mass is 10.1. The number of nitrogens with zero attached hydrogens (tertiary/aromatic N) is 1. The monoisotopic (exact) mass is 339 g/mol. The van der Waals surface area contributed by atoms with Gasteiger partial charge in [-0.3, -0.25) is 4.79 Å². The first-order valence-corrected chi connectivity index (χ1v) is 8.10. The predicted octanol–water partition coefficient (Wildman–Crippen LogP) is 4.53. The second-order valence-corrected chi connectivity index (χ2v) is 6.05. The molecule has 4 heteroatoms. The number of hydrogen-bond acceptors (Lipinski definition) is 2. The van der Waals surface area contributed by atoms with E-state index in [9.17, 15) is 4.79 Å². The Morgan fingerprint density at radius 1 is 1.00 bits per heavy atom. The standard InChI is InChI=1S/C20H18ClNO2/c1-22(13-17-8-4-5-9-19(17)21)20(23)14-24-18-11-10-15-6-2-3-7-16(15)12-18/h2-12H,13-14H2,1H3. The highest BCUT2D eigenvalue weighted by Gasteiger charge is 2.12. The molecule has 0 radical (unpaired) electrons. The number of ether oxygens (including phenoxy) is 1. The van der Waals surface area contributed by atoms with Crippen molar-refractivity contribution in [1.82, 2.24) is 4.90 Å². The van der Waals surface area contributed by atoms with E-state index >= 15 is 0 Å². The SMILES string of the molecule is CN(Cc1ccccc1Cl)C(=O)COc1ccc2ccccc2c1. The van der Waals surface area contributed by atoms with Gasteiger partial charge in [0.1, 0.15) is 5.75 Å². The van der Waals surface area contributed by atoms with Gasteiger partial charge in [-0.2, -0.15) is 0 Å². The van der Waals surface area contributed by atoms with E-state index in [1.807, 2.05) is 66.7 Å². The first-order chi connectivity index (χ1) is 11.6. The molecule has 3 rings (SSSR count). The quantitative estimate of drug-likeness (QED) is 0.683. The molecule has 3 nitrogen and oxygen atoms in total. The fourth-order valence-corrected chi connectivity index (χ4v) is 2.68. The van der Waals surface area contributed by atoms with Gasteiger partial charge in [0.2, 0.25) is 0 Å². The Morgan fingerprint density at radius 2 is 1.71 bits per heavy atom. The third-order valence-corrected chi connectivity index (χ3v) is 4.24. The van der Waals surface area contributed by atoms with E-state index < -0.39 is 0 Å². The van der Waals surface area contributed by atoms with Gasteiger partial charge in [-0.05, 0) is 34.5 Å². The number of likely N-dealkylation sites (N-methyl/N-ethyl adjacent to an activating group) is 1. The Kier molecular flexibility index (Phi) is 5.02. The van der Waals surface area contributed by atoms with Gasteiger partial charge in [-0.25, -0.2) is 0 Å². The first-order valence-electron chi connectivity index (χ1n) is 7.72. The molecule has 0 saturated heterocycles. The lowest BCUT2D eigenvalue weighted by molar-refractivity contribution is -0.132. The Balaban J connectivity index is 1.60. The Bertz CT molecular complexity index is 863. The Hall–Kier alpha value is -2.52. The van der Waals surface area contributed by atoms with Crippen molar-refractivity contribution in [3.8, 4) is 5.75 Å². The van der Waals surface area contributed by atoms with Gasteiger partial charge in [0.15, 0.2) is 6.61 Å². The van der Waals surface area contributed by atoms with Crippen LogP contribution in [0.4, 0.5) is 0 Å². The Labute approximate surface area is 146 Å². The molecule has 0 aliphatic rings. The normalized spacial score (nSPS) is 10.6. The van der Waals surface area contributed by atoms with Gasteiger partial charge in [0, 0.05) is 18.6 Å². The van der Waals surface area contributed by atoms with E-state index in [1.54, 1.807) is 11.9 Å². The minimum absolute atomic E-state index is 0.000702. The van der Waals surface area contributed by atoms with E-state index in [-0.39, 0.29) is 12.5 Å². The molecule has 3 aromatic carbocycles. The summed E-state index contributed by atoms with van der Waals surface area (Å²) < 4.78 is 5.64. The van der Waals surface area contributed by atoms with E-state index in [2.05, 4.69) is 0 Å². The number of carbonyl (C=O) groups excluding carboxylic acids is 1. The van der Waals surface area contributed by atoms with Crippen LogP contribution in [0, 0.1) is 0 Å². The highest BCUT2D eigenvalue weighted by Crippen LogP contribution is 2.21. The summed E-state index contributed by atoms with van der Waals surface area (Å²) in [6, 6.07) is 21.4. The number of fused-ring (bicyclic) bond motifs is 1. The molecule has 0 fully saturated rings. The Morgan fingerprint density at radius 3 is 2.50 bits per heavy atom. The van der Waals surface area contributed by atoms with Crippen LogP contribution in [0.2, 0.25) is 5.02 Å². The van der Waals surface area contributed by atoms with Gasteiger partial charge in [0.05, 0.1) is 0 Å².